The van der Waals surface area contributed by atoms with Gasteiger partial charge in [-0.3, -0.25) is 10.2 Å². The van der Waals surface area contributed by atoms with Gasteiger partial charge in [-0.05, 0) is 32.3 Å². The van der Waals surface area contributed by atoms with E-state index in [-0.39, 0.29) is 18.2 Å². The van der Waals surface area contributed by atoms with Gasteiger partial charge in [-0.15, -0.1) is 11.3 Å². The van der Waals surface area contributed by atoms with Gasteiger partial charge in [0.05, 0.1) is 5.56 Å². The van der Waals surface area contributed by atoms with Crippen molar-refractivity contribution < 1.29 is 4.79 Å². The van der Waals surface area contributed by atoms with Crippen molar-refractivity contribution in [1.29, 1.82) is 0 Å². The maximum atomic E-state index is 13.3. The molecule has 0 bridgehead atoms. The molecule has 1 aliphatic carbocycles. The van der Waals surface area contributed by atoms with Crippen molar-refractivity contribution in [1.82, 2.24) is 15.4 Å². The first kappa shape index (κ1) is 13.7. The van der Waals surface area contributed by atoms with Crippen molar-refractivity contribution in [2.45, 2.75) is 51.9 Å². The summed E-state index contributed by atoms with van der Waals surface area (Å²) in [7, 11) is 0. The molecular formula is C16H21N5OS. The second-order valence-corrected chi connectivity index (χ2v) is 8.26. The fourth-order valence-electron chi connectivity index (χ4n) is 4.71. The maximum absolute atomic E-state index is 13.3. The molecular weight excluding hydrogens is 310 g/mol. The van der Waals surface area contributed by atoms with E-state index in [1.807, 2.05) is 16.9 Å². The first-order valence-corrected chi connectivity index (χ1v) is 9.25. The third kappa shape index (κ3) is 1.68. The van der Waals surface area contributed by atoms with Crippen LogP contribution in [0.25, 0.3) is 0 Å². The summed E-state index contributed by atoms with van der Waals surface area (Å²) in [5.74, 6) is 1.14. The van der Waals surface area contributed by atoms with Crippen LogP contribution < -0.4 is 10.7 Å². The average Bonchev–Trinajstić information content (AvgIpc) is 3.13. The Hall–Kier alpha value is -1.76. The zero-order valence-electron chi connectivity index (χ0n) is 13.4. The predicted octanol–water partition coefficient (Wildman–Crippen LogP) is 2.47. The highest BCUT2D eigenvalue weighted by atomic mass is 32.1. The lowest BCUT2D eigenvalue weighted by Crippen LogP contribution is -2.70. The van der Waals surface area contributed by atoms with Gasteiger partial charge in [-0.25, -0.2) is 10.0 Å². The summed E-state index contributed by atoms with van der Waals surface area (Å²) in [5, 5.41) is 13.0. The zero-order chi connectivity index (χ0) is 15.7. The molecule has 23 heavy (non-hydrogen) atoms. The highest BCUT2D eigenvalue weighted by Crippen LogP contribution is 2.47. The molecule has 1 saturated heterocycles. The molecule has 1 aromatic rings. The van der Waals surface area contributed by atoms with Gasteiger partial charge in [0.1, 0.15) is 23.7 Å². The van der Waals surface area contributed by atoms with E-state index < -0.39 is 0 Å². The summed E-state index contributed by atoms with van der Waals surface area (Å²) >= 11 is 1.71. The molecule has 0 spiro atoms. The first-order valence-electron chi connectivity index (χ1n) is 8.44. The molecule has 0 radical (unpaired) electrons. The van der Waals surface area contributed by atoms with Crippen LogP contribution in [0.1, 0.15) is 46.5 Å². The van der Waals surface area contributed by atoms with Gasteiger partial charge >= 0.3 is 0 Å². The van der Waals surface area contributed by atoms with Crippen LogP contribution in [0.2, 0.25) is 0 Å². The van der Waals surface area contributed by atoms with Crippen LogP contribution in [-0.2, 0) is 0 Å². The Labute approximate surface area is 139 Å². The number of amides is 1. The van der Waals surface area contributed by atoms with Crippen LogP contribution in [0, 0.1) is 25.7 Å². The van der Waals surface area contributed by atoms with E-state index in [9.17, 15) is 4.79 Å². The monoisotopic (exact) mass is 331 g/mol. The third-order valence-electron chi connectivity index (χ3n) is 5.95. The minimum atomic E-state index is 0.0559. The number of anilines is 1. The molecule has 5 rings (SSSR count). The molecule has 7 heteroatoms. The lowest BCUT2D eigenvalue weighted by molar-refractivity contribution is -0.103. The molecule has 4 unspecified atom stereocenters. The Balaban J connectivity index is 1.63. The molecule has 1 aromatic heterocycles. The summed E-state index contributed by atoms with van der Waals surface area (Å²) in [6.45, 7) is 4.14. The van der Waals surface area contributed by atoms with Gasteiger partial charge in [0, 0.05) is 16.7 Å². The number of hydrazone groups is 1. The van der Waals surface area contributed by atoms with Crippen LogP contribution in [0.5, 0.6) is 0 Å². The second kappa shape index (κ2) is 4.63. The van der Waals surface area contributed by atoms with Crippen molar-refractivity contribution >= 4 is 28.6 Å². The Morgan fingerprint density at radius 1 is 1.22 bits per heavy atom. The van der Waals surface area contributed by atoms with Crippen molar-refractivity contribution in [3.63, 3.8) is 0 Å². The molecule has 6 nitrogen and oxygen atoms in total. The van der Waals surface area contributed by atoms with Crippen molar-refractivity contribution in [2.75, 3.05) is 5.32 Å². The van der Waals surface area contributed by atoms with Gasteiger partial charge in [0.2, 0.25) is 0 Å². The van der Waals surface area contributed by atoms with Gasteiger partial charge in [0.25, 0.3) is 5.91 Å². The van der Waals surface area contributed by atoms with Gasteiger partial charge in [0.15, 0.2) is 0 Å². The van der Waals surface area contributed by atoms with Crippen molar-refractivity contribution in [3.05, 3.63) is 16.0 Å². The maximum Gasteiger partial charge on any atom is 0.277 e. The summed E-state index contributed by atoms with van der Waals surface area (Å²) < 4.78 is 0. The Morgan fingerprint density at radius 3 is 2.74 bits per heavy atom. The van der Waals surface area contributed by atoms with E-state index in [2.05, 4.69) is 22.8 Å². The molecule has 4 atom stereocenters. The number of nitrogens with one attached hydrogen (secondary N) is 2. The summed E-state index contributed by atoms with van der Waals surface area (Å²) in [4.78, 5) is 14.5. The van der Waals surface area contributed by atoms with Gasteiger partial charge in [-0.1, -0.05) is 12.8 Å². The Bertz CT molecular complexity index is 714. The lowest BCUT2D eigenvalue weighted by Gasteiger charge is -2.55. The molecule has 0 aromatic carbocycles. The fraction of sp³-hybridized carbons (Fsp3) is 0.625. The SMILES string of the molecule is Cc1sc2c(c1C)C(=O)N1C(N2)C2CCCCC2C2NN=CN21. The molecule has 4 heterocycles. The first-order chi connectivity index (χ1) is 11.2. The number of hydrogen-bond acceptors (Lipinski definition) is 6. The quantitative estimate of drug-likeness (QED) is 0.767. The number of aryl methyl sites for hydroxylation is 1. The summed E-state index contributed by atoms with van der Waals surface area (Å²) in [6, 6.07) is 0. The normalized spacial score (nSPS) is 34.3. The molecule has 1 amide bonds. The Morgan fingerprint density at radius 2 is 1.96 bits per heavy atom. The van der Waals surface area contributed by atoms with E-state index in [0.717, 1.165) is 16.1 Å². The number of carbonyl (C=O) groups is 1. The number of fused-ring (bicyclic) bond motifs is 7. The van der Waals surface area contributed by atoms with E-state index in [0.29, 0.717) is 11.8 Å². The van der Waals surface area contributed by atoms with E-state index in [1.54, 1.807) is 17.7 Å². The smallest absolute Gasteiger partial charge is 0.277 e. The number of hydrazine groups is 1. The van der Waals surface area contributed by atoms with E-state index in [1.165, 1.54) is 30.6 Å². The van der Waals surface area contributed by atoms with Crippen LogP contribution >= 0.6 is 11.3 Å². The number of thiophene rings is 1. The standard InChI is InChI=1S/C16H21N5OS/c1-8-9(2)23-15-12(8)16(22)21-13(18-15)10-5-3-4-6-11(10)14-19-17-7-20(14)21/h7,10-11,13-14,18-19H,3-6H2,1-2H3. The third-order valence-corrected chi connectivity index (χ3v) is 7.09. The van der Waals surface area contributed by atoms with Crippen LogP contribution in [0.4, 0.5) is 5.00 Å². The largest absolute Gasteiger partial charge is 0.354 e. The topological polar surface area (TPSA) is 60.0 Å². The van der Waals surface area contributed by atoms with Crippen molar-refractivity contribution in [2.24, 2.45) is 16.9 Å². The Kier molecular flexibility index (Phi) is 2.75. The minimum absolute atomic E-state index is 0.0559. The lowest BCUT2D eigenvalue weighted by atomic mass is 9.73. The minimum Gasteiger partial charge on any atom is -0.354 e. The zero-order valence-corrected chi connectivity index (χ0v) is 14.2. The van der Waals surface area contributed by atoms with Crippen LogP contribution in [0.15, 0.2) is 5.10 Å². The summed E-state index contributed by atoms with van der Waals surface area (Å²) in [6.07, 6.45) is 6.88. The second-order valence-electron chi connectivity index (χ2n) is 7.04. The summed E-state index contributed by atoms with van der Waals surface area (Å²) in [5.41, 5.74) is 5.18. The molecule has 2 fully saturated rings. The average molecular weight is 331 g/mol. The van der Waals surface area contributed by atoms with E-state index >= 15 is 0 Å². The number of carbonyl (C=O) groups excluding carboxylic acids is 1. The van der Waals surface area contributed by atoms with Gasteiger partial charge < -0.3 is 5.32 Å². The van der Waals surface area contributed by atoms with Crippen molar-refractivity contribution in [3.8, 4) is 0 Å². The molecule has 1 saturated carbocycles. The molecule has 4 aliphatic rings. The molecule has 122 valence electrons. The highest BCUT2D eigenvalue weighted by Gasteiger charge is 2.54. The fourth-order valence-corrected chi connectivity index (χ4v) is 5.80. The number of nitrogens with zero attached hydrogens (tertiary/aromatic N) is 3. The predicted molar refractivity (Wildman–Crippen MR) is 90.1 cm³/mol. The van der Waals surface area contributed by atoms with Gasteiger partial charge in [-0.2, -0.15) is 5.10 Å². The van der Waals surface area contributed by atoms with Crippen LogP contribution in [-0.4, -0.2) is 34.6 Å². The van der Waals surface area contributed by atoms with Crippen LogP contribution in [0.3, 0.4) is 0 Å². The molecule has 2 N–H and O–H groups in total. The highest BCUT2D eigenvalue weighted by molar-refractivity contribution is 7.16. The number of hydrogen-bond donors (Lipinski definition) is 2. The number of rotatable bonds is 0. The molecule has 3 aliphatic heterocycles. The van der Waals surface area contributed by atoms with E-state index in [4.69, 9.17) is 0 Å².